The van der Waals surface area contributed by atoms with Crippen LogP contribution >= 0.6 is 0 Å². The highest BCUT2D eigenvalue weighted by Crippen LogP contribution is 2.26. The Kier molecular flexibility index (Phi) is 2.70. The van der Waals surface area contributed by atoms with Crippen LogP contribution in [0, 0.1) is 0 Å². The molecular weight excluding hydrogens is 186 g/mol. The first-order chi connectivity index (χ1) is 7.05. The maximum Gasteiger partial charge on any atom is 0.127 e. The van der Waals surface area contributed by atoms with Crippen molar-refractivity contribution in [2.24, 2.45) is 0 Å². The van der Waals surface area contributed by atoms with Crippen molar-refractivity contribution in [3.05, 3.63) is 29.8 Å². The molecule has 0 atom stereocenters. The van der Waals surface area contributed by atoms with Crippen molar-refractivity contribution in [3.8, 4) is 5.75 Å². The van der Waals surface area contributed by atoms with Gasteiger partial charge in [0, 0.05) is 0 Å². The SMILES string of the molecule is CC(C)(C)c1cccc(OC2C[N]C2)c1. The molecule has 2 nitrogen and oxygen atoms in total. The summed E-state index contributed by atoms with van der Waals surface area (Å²) in [5.41, 5.74) is 1.50. The molecule has 2 rings (SSSR count). The number of hydrogen-bond acceptors (Lipinski definition) is 1. The van der Waals surface area contributed by atoms with E-state index in [-0.39, 0.29) is 5.41 Å². The summed E-state index contributed by atoms with van der Waals surface area (Å²) in [6, 6.07) is 8.37. The minimum absolute atomic E-state index is 0.184. The van der Waals surface area contributed by atoms with Crippen LogP contribution in [-0.4, -0.2) is 19.2 Å². The molecule has 1 aromatic rings. The molecule has 1 fully saturated rings. The predicted molar refractivity (Wildman–Crippen MR) is 61.4 cm³/mol. The fourth-order valence-electron chi connectivity index (χ4n) is 1.54. The van der Waals surface area contributed by atoms with Gasteiger partial charge in [-0.1, -0.05) is 32.9 Å². The first-order valence-electron chi connectivity index (χ1n) is 5.46. The molecule has 0 aromatic heterocycles. The minimum atomic E-state index is 0.184. The van der Waals surface area contributed by atoms with Crippen LogP contribution in [0.5, 0.6) is 5.75 Å². The maximum atomic E-state index is 5.79. The van der Waals surface area contributed by atoms with E-state index in [9.17, 15) is 0 Å². The molecule has 0 bridgehead atoms. The van der Waals surface area contributed by atoms with E-state index in [0.29, 0.717) is 6.10 Å². The third-order valence-corrected chi connectivity index (χ3v) is 2.67. The van der Waals surface area contributed by atoms with Gasteiger partial charge < -0.3 is 4.74 Å². The van der Waals surface area contributed by atoms with Gasteiger partial charge in [-0.05, 0) is 23.1 Å². The average molecular weight is 204 g/mol. The fourth-order valence-corrected chi connectivity index (χ4v) is 1.54. The van der Waals surface area contributed by atoms with Crippen LogP contribution in [0.4, 0.5) is 0 Å². The van der Waals surface area contributed by atoms with Crippen molar-refractivity contribution >= 4 is 0 Å². The Labute approximate surface area is 91.6 Å². The highest BCUT2D eigenvalue weighted by molar-refractivity contribution is 5.32. The van der Waals surface area contributed by atoms with E-state index in [1.165, 1.54) is 5.56 Å². The second kappa shape index (κ2) is 3.86. The van der Waals surface area contributed by atoms with Crippen LogP contribution in [0.1, 0.15) is 26.3 Å². The monoisotopic (exact) mass is 204 g/mol. The summed E-state index contributed by atoms with van der Waals surface area (Å²) in [6.45, 7) is 8.33. The molecule has 0 aliphatic carbocycles. The Morgan fingerprint density at radius 3 is 2.53 bits per heavy atom. The lowest BCUT2D eigenvalue weighted by molar-refractivity contribution is 0.138. The lowest BCUT2D eigenvalue weighted by Gasteiger charge is -2.27. The Balaban J connectivity index is 2.11. The van der Waals surface area contributed by atoms with E-state index in [1.807, 2.05) is 6.07 Å². The Hall–Kier alpha value is -1.02. The van der Waals surface area contributed by atoms with Gasteiger partial charge >= 0.3 is 0 Å². The summed E-state index contributed by atoms with van der Waals surface area (Å²) < 4.78 is 5.79. The summed E-state index contributed by atoms with van der Waals surface area (Å²) in [5, 5.41) is 4.14. The summed E-state index contributed by atoms with van der Waals surface area (Å²) in [4.78, 5) is 0. The molecule has 1 aromatic carbocycles. The third kappa shape index (κ3) is 2.51. The molecule has 1 radical (unpaired) electrons. The van der Waals surface area contributed by atoms with Crippen molar-refractivity contribution in [1.82, 2.24) is 5.32 Å². The minimum Gasteiger partial charge on any atom is -0.488 e. The van der Waals surface area contributed by atoms with Crippen molar-refractivity contribution in [3.63, 3.8) is 0 Å². The standard InChI is InChI=1S/C13H18NO/c1-13(2,3)10-5-4-6-11(7-10)15-12-8-14-9-12/h4-7,12H,8-9H2,1-3H3. The second-order valence-corrected chi connectivity index (χ2v) is 5.11. The summed E-state index contributed by atoms with van der Waals surface area (Å²) in [5.74, 6) is 0.974. The highest BCUT2D eigenvalue weighted by Gasteiger charge is 2.20. The van der Waals surface area contributed by atoms with Gasteiger partial charge in [-0.15, -0.1) is 0 Å². The molecule has 1 aliphatic rings. The summed E-state index contributed by atoms with van der Waals surface area (Å²) in [6.07, 6.45) is 0.306. The molecule has 2 heteroatoms. The lowest BCUT2D eigenvalue weighted by atomic mass is 9.87. The summed E-state index contributed by atoms with van der Waals surface area (Å²) in [7, 11) is 0. The fraction of sp³-hybridized carbons (Fsp3) is 0.538. The van der Waals surface area contributed by atoms with E-state index >= 15 is 0 Å². The number of ether oxygens (including phenoxy) is 1. The first-order valence-corrected chi connectivity index (χ1v) is 5.46. The molecule has 1 aliphatic heterocycles. The summed E-state index contributed by atoms with van der Waals surface area (Å²) >= 11 is 0. The molecule has 15 heavy (non-hydrogen) atoms. The van der Waals surface area contributed by atoms with E-state index < -0.39 is 0 Å². The predicted octanol–water partition coefficient (Wildman–Crippen LogP) is 2.35. The zero-order chi connectivity index (χ0) is 10.9. The van der Waals surface area contributed by atoms with Gasteiger partial charge in [0.2, 0.25) is 0 Å². The molecule has 1 saturated heterocycles. The van der Waals surface area contributed by atoms with Crippen LogP contribution in [0.2, 0.25) is 0 Å². The maximum absolute atomic E-state index is 5.79. The zero-order valence-electron chi connectivity index (χ0n) is 9.66. The zero-order valence-corrected chi connectivity index (χ0v) is 9.66. The van der Waals surface area contributed by atoms with Gasteiger partial charge in [0.15, 0.2) is 0 Å². The molecule has 0 unspecified atom stereocenters. The number of benzene rings is 1. The molecule has 1 heterocycles. The van der Waals surface area contributed by atoms with Crippen LogP contribution < -0.4 is 10.1 Å². The van der Waals surface area contributed by atoms with Crippen LogP contribution in [0.15, 0.2) is 24.3 Å². The molecular formula is C13H18NO. The average Bonchev–Trinajstić information content (AvgIpc) is 2.11. The smallest absolute Gasteiger partial charge is 0.127 e. The Morgan fingerprint density at radius 1 is 1.27 bits per heavy atom. The highest BCUT2D eigenvalue weighted by atomic mass is 16.5. The van der Waals surface area contributed by atoms with E-state index in [0.717, 1.165) is 18.8 Å². The Bertz CT molecular complexity index is 337. The topological polar surface area (TPSA) is 23.3 Å². The van der Waals surface area contributed by atoms with Gasteiger partial charge in [0.05, 0.1) is 13.1 Å². The van der Waals surface area contributed by atoms with E-state index in [1.54, 1.807) is 0 Å². The van der Waals surface area contributed by atoms with Crippen LogP contribution in [-0.2, 0) is 5.41 Å². The van der Waals surface area contributed by atoms with Crippen molar-refractivity contribution in [1.29, 1.82) is 0 Å². The van der Waals surface area contributed by atoms with Gasteiger partial charge in [-0.2, -0.15) is 0 Å². The van der Waals surface area contributed by atoms with Gasteiger partial charge in [-0.3, -0.25) is 0 Å². The largest absolute Gasteiger partial charge is 0.488 e. The van der Waals surface area contributed by atoms with Crippen molar-refractivity contribution in [2.45, 2.75) is 32.3 Å². The number of rotatable bonds is 2. The van der Waals surface area contributed by atoms with Crippen molar-refractivity contribution < 1.29 is 4.74 Å². The van der Waals surface area contributed by atoms with Crippen LogP contribution in [0.25, 0.3) is 0 Å². The first kappa shape index (κ1) is 10.5. The molecule has 0 spiro atoms. The van der Waals surface area contributed by atoms with E-state index in [4.69, 9.17) is 4.74 Å². The van der Waals surface area contributed by atoms with Crippen molar-refractivity contribution in [2.75, 3.05) is 13.1 Å². The molecule has 0 N–H and O–H groups in total. The molecule has 0 amide bonds. The van der Waals surface area contributed by atoms with Gasteiger partial charge in [-0.25, -0.2) is 5.32 Å². The van der Waals surface area contributed by atoms with Crippen LogP contribution in [0.3, 0.4) is 0 Å². The second-order valence-electron chi connectivity index (χ2n) is 5.11. The quantitative estimate of drug-likeness (QED) is 0.725. The third-order valence-electron chi connectivity index (χ3n) is 2.67. The normalized spacial score (nSPS) is 17.3. The lowest BCUT2D eigenvalue weighted by Crippen LogP contribution is -2.45. The Morgan fingerprint density at radius 2 is 2.00 bits per heavy atom. The molecule has 0 saturated carbocycles. The molecule has 81 valence electrons. The van der Waals surface area contributed by atoms with Gasteiger partial charge in [0.1, 0.15) is 11.9 Å². The number of hydrogen-bond donors (Lipinski definition) is 0. The number of nitrogens with zero attached hydrogens (tertiary/aromatic N) is 1. The van der Waals surface area contributed by atoms with Gasteiger partial charge in [0.25, 0.3) is 0 Å². The van der Waals surface area contributed by atoms with E-state index in [2.05, 4.69) is 44.3 Å².